The summed E-state index contributed by atoms with van der Waals surface area (Å²) in [5.74, 6) is 0.127. The van der Waals surface area contributed by atoms with Gasteiger partial charge >= 0.3 is 0 Å². The van der Waals surface area contributed by atoms with Crippen LogP contribution in [0.1, 0.15) is 35.6 Å². The molecule has 27 heavy (non-hydrogen) atoms. The summed E-state index contributed by atoms with van der Waals surface area (Å²) < 4.78 is 30.5. The number of carbonyl (C=O) groups excluding carboxylic acids is 1. The van der Waals surface area contributed by atoms with Crippen LogP contribution in [0.25, 0.3) is 0 Å². The van der Waals surface area contributed by atoms with Crippen molar-refractivity contribution in [3.8, 4) is 0 Å². The zero-order chi connectivity index (χ0) is 19.0. The van der Waals surface area contributed by atoms with Crippen molar-refractivity contribution in [2.24, 2.45) is 11.8 Å². The van der Waals surface area contributed by atoms with E-state index in [1.54, 1.807) is 47.4 Å². The van der Waals surface area contributed by atoms with Crippen molar-refractivity contribution < 1.29 is 22.7 Å². The van der Waals surface area contributed by atoms with Crippen LogP contribution in [0.2, 0.25) is 0 Å². The number of piperidine rings is 1. The highest BCUT2D eigenvalue weighted by molar-refractivity contribution is 7.90. The van der Waals surface area contributed by atoms with E-state index in [0.717, 1.165) is 19.3 Å². The summed E-state index contributed by atoms with van der Waals surface area (Å²) in [5, 5.41) is 10.3. The highest BCUT2D eigenvalue weighted by atomic mass is 32.2. The third kappa shape index (κ3) is 3.66. The number of rotatable bonds is 4. The van der Waals surface area contributed by atoms with Crippen molar-refractivity contribution in [3.05, 3.63) is 54.0 Å². The first-order chi connectivity index (χ1) is 12.9. The molecular formula is C20H23NO5S. The first-order valence-corrected chi connectivity index (χ1v) is 10.9. The largest absolute Gasteiger partial charge is 0.455 e. The summed E-state index contributed by atoms with van der Waals surface area (Å²) >= 11 is 0. The average Bonchev–Trinajstić information content (AvgIpc) is 3.09. The third-order valence-electron chi connectivity index (χ3n) is 5.62. The van der Waals surface area contributed by atoms with E-state index in [-0.39, 0.29) is 46.0 Å². The van der Waals surface area contributed by atoms with Crippen LogP contribution < -0.4 is 0 Å². The van der Waals surface area contributed by atoms with Crippen molar-refractivity contribution >= 4 is 15.7 Å². The van der Waals surface area contributed by atoms with Gasteiger partial charge in [-0.25, -0.2) is 8.42 Å². The number of hydrogen-bond acceptors (Lipinski definition) is 5. The minimum absolute atomic E-state index is 0.120. The minimum Gasteiger partial charge on any atom is -0.455 e. The van der Waals surface area contributed by atoms with Crippen LogP contribution in [0, 0.1) is 11.8 Å². The average molecular weight is 389 g/mol. The maximum absolute atomic E-state index is 12.8. The number of benzene rings is 1. The lowest BCUT2D eigenvalue weighted by molar-refractivity contribution is -0.0420. The smallest absolute Gasteiger partial charge is 0.289 e. The molecule has 4 rings (SSSR count). The second kappa shape index (κ2) is 7.13. The van der Waals surface area contributed by atoms with Crippen LogP contribution in [-0.4, -0.2) is 43.5 Å². The molecule has 7 heteroatoms. The Morgan fingerprint density at radius 1 is 1.07 bits per heavy atom. The number of aliphatic hydroxyl groups is 1. The predicted molar refractivity (Wildman–Crippen MR) is 98.8 cm³/mol. The van der Waals surface area contributed by atoms with Gasteiger partial charge in [0.05, 0.1) is 11.0 Å². The maximum Gasteiger partial charge on any atom is 0.289 e. The summed E-state index contributed by atoms with van der Waals surface area (Å²) in [6, 6.07) is 11.3. The van der Waals surface area contributed by atoms with E-state index in [1.165, 1.54) is 0 Å². The second-order valence-electron chi connectivity index (χ2n) is 7.49. The zero-order valence-electron chi connectivity index (χ0n) is 15.0. The van der Waals surface area contributed by atoms with Crippen LogP contribution in [0.15, 0.2) is 51.8 Å². The fourth-order valence-electron chi connectivity index (χ4n) is 4.20. The Morgan fingerprint density at radius 2 is 1.74 bits per heavy atom. The molecule has 2 bridgehead atoms. The molecule has 2 heterocycles. The van der Waals surface area contributed by atoms with Crippen LogP contribution in [-0.2, 0) is 15.6 Å². The van der Waals surface area contributed by atoms with Gasteiger partial charge in [-0.2, -0.15) is 0 Å². The molecule has 0 spiro atoms. The number of amides is 1. The van der Waals surface area contributed by atoms with Gasteiger partial charge in [0.1, 0.15) is 11.5 Å². The van der Waals surface area contributed by atoms with Gasteiger partial charge in [-0.15, -0.1) is 0 Å². The highest BCUT2D eigenvalue weighted by Crippen LogP contribution is 2.35. The molecule has 2 atom stereocenters. The number of aliphatic hydroxyl groups excluding tert-OH is 1. The summed E-state index contributed by atoms with van der Waals surface area (Å²) in [7, 11) is -3.52. The SMILES string of the molecule is O=C(c1ccc(CS(=O)(=O)c2ccccc2)o1)N1CC2CCCC(C1)C2O. The molecule has 1 amide bonds. The number of fused-ring (bicyclic) bond motifs is 2. The van der Waals surface area contributed by atoms with Gasteiger partial charge in [0.25, 0.3) is 5.91 Å². The van der Waals surface area contributed by atoms with Crippen LogP contribution in [0.5, 0.6) is 0 Å². The van der Waals surface area contributed by atoms with Crippen molar-refractivity contribution in [3.63, 3.8) is 0 Å². The second-order valence-corrected chi connectivity index (χ2v) is 9.48. The van der Waals surface area contributed by atoms with E-state index in [1.807, 2.05) is 0 Å². The van der Waals surface area contributed by atoms with E-state index in [4.69, 9.17) is 4.42 Å². The van der Waals surface area contributed by atoms with Crippen molar-refractivity contribution in [1.82, 2.24) is 4.90 Å². The first kappa shape index (κ1) is 18.3. The fourth-order valence-corrected chi connectivity index (χ4v) is 5.47. The molecule has 1 saturated carbocycles. The van der Waals surface area contributed by atoms with E-state index in [0.29, 0.717) is 13.1 Å². The fraction of sp³-hybridized carbons (Fsp3) is 0.450. The maximum atomic E-state index is 12.8. The van der Waals surface area contributed by atoms with E-state index < -0.39 is 9.84 Å². The molecule has 0 radical (unpaired) electrons. The Balaban J connectivity index is 1.47. The Labute approximate surface area is 158 Å². The molecule has 1 aliphatic carbocycles. The monoisotopic (exact) mass is 389 g/mol. The Hall–Kier alpha value is -2.12. The molecule has 1 saturated heterocycles. The van der Waals surface area contributed by atoms with E-state index >= 15 is 0 Å². The molecule has 6 nitrogen and oxygen atoms in total. The topological polar surface area (TPSA) is 87.8 Å². The normalized spacial score (nSPS) is 25.4. The van der Waals surface area contributed by atoms with Gasteiger partial charge in [0, 0.05) is 24.9 Å². The molecular weight excluding hydrogens is 366 g/mol. The first-order valence-electron chi connectivity index (χ1n) is 9.28. The summed E-state index contributed by atoms with van der Waals surface area (Å²) in [6.45, 7) is 1.05. The van der Waals surface area contributed by atoms with E-state index in [2.05, 4.69) is 0 Å². The molecule has 1 aliphatic heterocycles. The number of furan rings is 1. The van der Waals surface area contributed by atoms with Gasteiger partial charge in [0.2, 0.25) is 0 Å². The van der Waals surface area contributed by atoms with Gasteiger partial charge in [-0.05, 0) is 37.1 Å². The lowest BCUT2D eigenvalue weighted by Gasteiger charge is -2.44. The summed E-state index contributed by atoms with van der Waals surface area (Å²) in [4.78, 5) is 14.7. The van der Waals surface area contributed by atoms with Crippen molar-refractivity contribution in [1.29, 1.82) is 0 Å². The van der Waals surface area contributed by atoms with Crippen LogP contribution in [0.4, 0.5) is 0 Å². The molecule has 1 aromatic carbocycles. The van der Waals surface area contributed by atoms with Crippen LogP contribution >= 0.6 is 0 Å². The van der Waals surface area contributed by atoms with Crippen molar-refractivity contribution in [2.75, 3.05) is 13.1 Å². The Morgan fingerprint density at radius 3 is 2.41 bits per heavy atom. The number of sulfone groups is 1. The van der Waals surface area contributed by atoms with Gasteiger partial charge in [-0.3, -0.25) is 4.79 Å². The Kier molecular flexibility index (Phi) is 4.82. The number of carbonyl (C=O) groups is 1. The summed E-state index contributed by atoms with van der Waals surface area (Å²) in [6.07, 6.45) is 2.63. The third-order valence-corrected chi connectivity index (χ3v) is 7.27. The predicted octanol–water partition coefficient (Wildman–Crippen LogP) is 2.49. The highest BCUT2D eigenvalue weighted by Gasteiger charge is 2.40. The minimum atomic E-state index is -3.52. The van der Waals surface area contributed by atoms with Crippen molar-refractivity contribution in [2.45, 2.75) is 36.0 Å². The number of hydrogen-bond donors (Lipinski definition) is 1. The van der Waals surface area contributed by atoms with E-state index in [9.17, 15) is 18.3 Å². The Bertz CT molecular complexity index is 907. The molecule has 2 aromatic rings. The lowest BCUT2D eigenvalue weighted by Crippen LogP contribution is -2.53. The molecule has 1 N–H and O–H groups in total. The molecule has 1 aromatic heterocycles. The standard InChI is InChI=1S/C20H23NO5S/c22-19-14-5-4-6-15(19)12-21(11-14)20(23)18-10-9-16(26-18)13-27(24,25)17-7-2-1-3-8-17/h1-3,7-10,14-15,19,22H,4-6,11-13H2. The molecule has 144 valence electrons. The summed E-state index contributed by atoms with van der Waals surface area (Å²) in [5.41, 5.74) is 0. The molecule has 2 fully saturated rings. The van der Waals surface area contributed by atoms with Gasteiger partial charge in [-0.1, -0.05) is 24.6 Å². The number of likely N-dealkylation sites (tertiary alicyclic amines) is 1. The lowest BCUT2D eigenvalue weighted by atomic mass is 9.75. The molecule has 2 unspecified atom stereocenters. The van der Waals surface area contributed by atoms with Gasteiger partial charge < -0.3 is 14.4 Å². The number of nitrogens with zero attached hydrogens (tertiary/aromatic N) is 1. The van der Waals surface area contributed by atoms with Gasteiger partial charge in [0.15, 0.2) is 15.6 Å². The zero-order valence-corrected chi connectivity index (χ0v) is 15.8. The quantitative estimate of drug-likeness (QED) is 0.868. The van der Waals surface area contributed by atoms with Crippen LogP contribution in [0.3, 0.4) is 0 Å². The molecule has 2 aliphatic rings.